The fourth-order valence-electron chi connectivity index (χ4n) is 3.43. The Morgan fingerprint density at radius 1 is 1.20 bits per heavy atom. The summed E-state index contributed by atoms with van der Waals surface area (Å²) < 4.78 is 5.57. The van der Waals surface area contributed by atoms with E-state index in [-0.39, 0.29) is 12.1 Å². The maximum atomic E-state index is 6.02. The van der Waals surface area contributed by atoms with Crippen LogP contribution >= 0.6 is 0 Å². The zero-order chi connectivity index (χ0) is 17.2. The standard InChI is InChI=1S/C19H21N5O/c1-25-15-9-14(10-20)24(12-15)19-16-6-2-3-7-17(16)22-18(23-19)13-5-4-8-21-11-13/h2-8,11,14-15H,9-10,12,20H2,1H3/t14-,15-/m0/s1. The van der Waals surface area contributed by atoms with Gasteiger partial charge in [-0.05, 0) is 30.7 Å². The Morgan fingerprint density at radius 3 is 2.84 bits per heavy atom. The number of hydrogen-bond acceptors (Lipinski definition) is 6. The van der Waals surface area contributed by atoms with Gasteiger partial charge in [0, 0.05) is 49.6 Å². The molecule has 4 rings (SSSR count). The van der Waals surface area contributed by atoms with E-state index >= 15 is 0 Å². The summed E-state index contributed by atoms with van der Waals surface area (Å²) in [7, 11) is 1.75. The minimum absolute atomic E-state index is 0.170. The highest BCUT2D eigenvalue weighted by atomic mass is 16.5. The zero-order valence-electron chi connectivity index (χ0n) is 14.2. The molecule has 0 unspecified atom stereocenters. The van der Waals surface area contributed by atoms with Crippen molar-refractivity contribution in [1.82, 2.24) is 15.0 Å². The first-order valence-corrected chi connectivity index (χ1v) is 8.47. The van der Waals surface area contributed by atoms with Crippen LogP contribution in [0.15, 0.2) is 48.8 Å². The number of nitrogens with two attached hydrogens (primary N) is 1. The minimum Gasteiger partial charge on any atom is -0.380 e. The summed E-state index contributed by atoms with van der Waals surface area (Å²) in [4.78, 5) is 16.1. The van der Waals surface area contributed by atoms with Gasteiger partial charge in [0.25, 0.3) is 0 Å². The Labute approximate surface area is 146 Å². The van der Waals surface area contributed by atoms with Gasteiger partial charge in [-0.15, -0.1) is 0 Å². The zero-order valence-corrected chi connectivity index (χ0v) is 14.2. The highest BCUT2D eigenvalue weighted by Gasteiger charge is 2.33. The van der Waals surface area contributed by atoms with Gasteiger partial charge in [-0.3, -0.25) is 4.98 Å². The van der Waals surface area contributed by atoms with E-state index in [4.69, 9.17) is 20.4 Å². The highest BCUT2D eigenvalue weighted by molar-refractivity contribution is 5.91. The van der Waals surface area contributed by atoms with Crippen LogP contribution in [0.3, 0.4) is 0 Å². The van der Waals surface area contributed by atoms with Gasteiger partial charge in [0.15, 0.2) is 5.82 Å². The van der Waals surface area contributed by atoms with Crippen molar-refractivity contribution >= 4 is 16.7 Å². The summed E-state index contributed by atoms with van der Waals surface area (Å²) in [5.41, 5.74) is 7.84. The molecule has 1 fully saturated rings. The van der Waals surface area contributed by atoms with E-state index in [0.717, 1.165) is 35.2 Å². The van der Waals surface area contributed by atoms with Gasteiger partial charge < -0.3 is 15.4 Å². The first kappa shape index (κ1) is 15.9. The van der Waals surface area contributed by atoms with E-state index in [1.807, 2.05) is 30.3 Å². The van der Waals surface area contributed by atoms with Gasteiger partial charge in [0.2, 0.25) is 0 Å². The van der Waals surface area contributed by atoms with Crippen LogP contribution in [-0.2, 0) is 4.74 Å². The Bertz CT molecular complexity index is 870. The van der Waals surface area contributed by atoms with Crippen molar-refractivity contribution in [3.8, 4) is 11.4 Å². The van der Waals surface area contributed by atoms with Crippen molar-refractivity contribution in [2.24, 2.45) is 5.73 Å². The fourth-order valence-corrected chi connectivity index (χ4v) is 3.43. The number of aromatic nitrogens is 3. The molecule has 1 aromatic carbocycles. The molecule has 25 heavy (non-hydrogen) atoms. The first-order chi connectivity index (χ1) is 12.3. The summed E-state index contributed by atoms with van der Waals surface area (Å²) in [5.74, 6) is 1.60. The molecule has 6 nitrogen and oxygen atoms in total. The molecule has 0 amide bonds. The third-order valence-electron chi connectivity index (χ3n) is 4.76. The Kier molecular flexibility index (Phi) is 4.29. The molecule has 0 spiro atoms. The predicted octanol–water partition coefficient (Wildman–Crippen LogP) is 2.24. The largest absolute Gasteiger partial charge is 0.380 e. The number of benzene rings is 1. The topological polar surface area (TPSA) is 77.2 Å². The van der Waals surface area contributed by atoms with Crippen LogP contribution in [0.2, 0.25) is 0 Å². The van der Waals surface area contributed by atoms with Gasteiger partial charge >= 0.3 is 0 Å². The maximum absolute atomic E-state index is 6.02. The molecule has 1 saturated heterocycles. The molecule has 3 aromatic rings. The van der Waals surface area contributed by atoms with E-state index in [9.17, 15) is 0 Å². The molecule has 2 N–H and O–H groups in total. The number of nitrogens with zero attached hydrogens (tertiary/aromatic N) is 4. The molecule has 6 heteroatoms. The summed E-state index contributed by atoms with van der Waals surface area (Å²) in [5, 5.41) is 1.03. The Balaban J connectivity index is 1.87. The Hall–Kier alpha value is -2.57. The average Bonchev–Trinajstić information content (AvgIpc) is 3.11. The van der Waals surface area contributed by atoms with Crippen LogP contribution in [0.4, 0.5) is 5.82 Å². The summed E-state index contributed by atoms with van der Waals surface area (Å²) >= 11 is 0. The third-order valence-corrected chi connectivity index (χ3v) is 4.76. The molecule has 0 radical (unpaired) electrons. The van der Waals surface area contributed by atoms with E-state index in [2.05, 4.69) is 16.0 Å². The minimum atomic E-state index is 0.170. The first-order valence-electron chi connectivity index (χ1n) is 8.47. The van der Waals surface area contributed by atoms with Crippen molar-refractivity contribution < 1.29 is 4.74 Å². The van der Waals surface area contributed by atoms with E-state index in [1.54, 1.807) is 19.5 Å². The van der Waals surface area contributed by atoms with E-state index < -0.39 is 0 Å². The number of hydrogen-bond donors (Lipinski definition) is 1. The summed E-state index contributed by atoms with van der Waals surface area (Å²) in [6.07, 6.45) is 4.62. The lowest BCUT2D eigenvalue weighted by atomic mass is 10.1. The van der Waals surface area contributed by atoms with Crippen LogP contribution in [-0.4, -0.2) is 47.3 Å². The molecule has 0 saturated carbocycles. The number of para-hydroxylation sites is 1. The molecular weight excluding hydrogens is 314 g/mol. The number of pyridine rings is 1. The molecule has 0 bridgehead atoms. The summed E-state index contributed by atoms with van der Waals surface area (Å²) in [6, 6.07) is 12.2. The molecule has 1 aliphatic rings. The fraction of sp³-hybridized carbons (Fsp3) is 0.316. The molecule has 0 aliphatic carbocycles. The molecular formula is C19H21N5O. The SMILES string of the molecule is CO[C@H]1C[C@@H](CN)N(c2nc(-c3cccnc3)nc3ccccc23)C1. The van der Waals surface area contributed by atoms with Crippen molar-refractivity contribution in [2.45, 2.75) is 18.6 Å². The smallest absolute Gasteiger partial charge is 0.163 e. The monoisotopic (exact) mass is 335 g/mol. The van der Waals surface area contributed by atoms with Gasteiger partial charge in [-0.2, -0.15) is 0 Å². The second-order valence-corrected chi connectivity index (χ2v) is 6.26. The molecule has 1 aliphatic heterocycles. The van der Waals surface area contributed by atoms with Crippen LogP contribution in [0, 0.1) is 0 Å². The van der Waals surface area contributed by atoms with Gasteiger partial charge in [0.1, 0.15) is 5.82 Å². The van der Waals surface area contributed by atoms with E-state index in [1.165, 1.54) is 0 Å². The molecule has 2 atom stereocenters. The molecule has 3 heterocycles. The quantitative estimate of drug-likeness (QED) is 0.788. The van der Waals surface area contributed by atoms with Gasteiger partial charge in [-0.1, -0.05) is 12.1 Å². The number of methoxy groups -OCH3 is 1. The predicted molar refractivity (Wildman–Crippen MR) is 98.4 cm³/mol. The van der Waals surface area contributed by atoms with Crippen LogP contribution in [0.5, 0.6) is 0 Å². The van der Waals surface area contributed by atoms with Crippen molar-refractivity contribution in [3.05, 3.63) is 48.8 Å². The van der Waals surface area contributed by atoms with Crippen LogP contribution in [0.25, 0.3) is 22.3 Å². The lowest BCUT2D eigenvalue weighted by Gasteiger charge is -2.26. The van der Waals surface area contributed by atoms with Crippen molar-refractivity contribution in [2.75, 3.05) is 25.1 Å². The lowest BCUT2D eigenvalue weighted by Crippen LogP contribution is -2.36. The number of fused-ring (bicyclic) bond motifs is 1. The van der Waals surface area contributed by atoms with E-state index in [0.29, 0.717) is 12.4 Å². The third kappa shape index (κ3) is 2.94. The number of ether oxygens (including phenoxy) is 1. The lowest BCUT2D eigenvalue weighted by molar-refractivity contribution is 0.118. The second kappa shape index (κ2) is 6.74. The van der Waals surface area contributed by atoms with Crippen LogP contribution in [0.1, 0.15) is 6.42 Å². The van der Waals surface area contributed by atoms with Crippen molar-refractivity contribution in [1.29, 1.82) is 0 Å². The normalized spacial score (nSPS) is 20.3. The van der Waals surface area contributed by atoms with Crippen molar-refractivity contribution in [3.63, 3.8) is 0 Å². The van der Waals surface area contributed by atoms with Gasteiger partial charge in [0.05, 0.1) is 11.6 Å². The Morgan fingerprint density at radius 2 is 2.08 bits per heavy atom. The van der Waals surface area contributed by atoms with Gasteiger partial charge in [-0.25, -0.2) is 9.97 Å². The molecule has 128 valence electrons. The summed E-state index contributed by atoms with van der Waals surface area (Å²) in [6.45, 7) is 1.35. The number of rotatable bonds is 4. The average molecular weight is 335 g/mol. The van der Waals surface area contributed by atoms with Crippen LogP contribution < -0.4 is 10.6 Å². The second-order valence-electron chi connectivity index (χ2n) is 6.26. The highest BCUT2D eigenvalue weighted by Crippen LogP contribution is 2.32. The number of anilines is 1. The maximum Gasteiger partial charge on any atom is 0.163 e. The molecule has 2 aromatic heterocycles.